The normalized spacial score (nSPS) is 11.6. The number of alkyl halides is 3. The molecule has 11 heteroatoms. The number of methoxy groups -OCH3 is 1. The third-order valence-electron chi connectivity index (χ3n) is 4.78. The van der Waals surface area contributed by atoms with Gasteiger partial charge in [-0.1, -0.05) is 18.2 Å². The van der Waals surface area contributed by atoms with Gasteiger partial charge in [0.05, 0.1) is 6.61 Å². The van der Waals surface area contributed by atoms with E-state index in [1.54, 1.807) is 13.2 Å². The molecule has 2 rings (SSSR count). The lowest BCUT2D eigenvalue weighted by Crippen LogP contribution is -2.29. The molecule has 0 unspecified atom stereocenters. The number of benzene rings is 1. The zero-order valence-corrected chi connectivity index (χ0v) is 18.9. The van der Waals surface area contributed by atoms with Crippen LogP contribution < -0.4 is 10.1 Å². The number of nitrogens with zero attached hydrogens (tertiary/aromatic N) is 2. The Morgan fingerprint density at radius 3 is 2.59 bits per heavy atom. The molecule has 182 valence electrons. The summed E-state index contributed by atoms with van der Waals surface area (Å²) < 4.78 is 53.3. The standard InChI is InChI=1S/C23H24F3N3O5/c1-15-10-18(16(2)29(15)8-9-32-3)11-19(12-27)22(31)33-14-21(30)28-13-17-6-4-5-7-20(17)34-23(24,25)26/h4-7,10-11H,8-9,13-14H2,1-3H3,(H,28,30)/b19-11+. The molecule has 0 aliphatic carbocycles. The van der Waals surface area contributed by atoms with Gasteiger partial charge in [0.15, 0.2) is 6.61 Å². The van der Waals surface area contributed by atoms with E-state index in [9.17, 15) is 28.0 Å². The van der Waals surface area contributed by atoms with Crippen molar-refractivity contribution in [3.05, 3.63) is 58.4 Å². The highest BCUT2D eigenvalue weighted by atomic mass is 19.4. The molecular formula is C23H24F3N3O5. The minimum atomic E-state index is -4.88. The van der Waals surface area contributed by atoms with E-state index in [2.05, 4.69) is 10.1 Å². The van der Waals surface area contributed by atoms with Crippen LogP contribution in [0.25, 0.3) is 6.08 Å². The van der Waals surface area contributed by atoms with E-state index in [1.165, 1.54) is 24.3 Å². The zero-order valence-electron chi connectivity index (χ0n) is 18.9. The smallest absolute Gasteiger partial charge is 0.451 e. The third-order valence-corrected chi connectivity index (χ3v) is 4.78. The summed E-state index contributed by atoms with van der Waals surface area (Å²) in [5.74, 6) is -2.21. The van der Waals surface area contributed by atoms with E-state index >= 15 is 0 Å². The monoisotopic (exact) mass is 479 g/mol. The molecule has 0 aliphatic heterocycles. The molecule has 0 fully saturated rings. The van der Waals surface area contributed by atoms with Crippen LogP contribution in [-0.4, -0.2) is 43.1 Å². The number of rotatable bonds is 10. The summed E-state index contributed by atoms with van der Waals surface area (Å²) in [6.45, 7) is 3.82. The van der Waals surface area contributed by atoms with Crippen molar-refractivity contribution >= 4 is 18.0 Å². The quantitative estimate of drug-likeness (QED) is 0.318. The second-order valence-corrected chi connectivity index (χ2v) is 7.15. The number of nitriles is 1. The lowest BCUT2D eigenvalue weighted by atomic mass is 10.1. The number of nitrogens with one attached hydrogen (secondary N) is 1. The van der Waals surface area contributed by atoms with Crippen molar-refractivity contribution in [2.75, 3.05) is 20.3 Å². The number of hydrogen-bond acceptors (Lipinski definition) is 6. The van der Waals surface area contributed by atoms with Crippen LogP contribution in [0.2, 0.25) is 0 Å². The molecule has 8 nitrogen and oxygen atoms in total. The van der Waals surface area contributed by atoms with E-state index in [0.717, 1.165) is 17.5 Å². The van der Waals surface area contributed by atoms with Gasteiger partial charge in [-0.2, -0.15) is 5.26 Å². The molecule has 0 atom stereocenters. The van der Waals surface area contributed by atoms with Gasteiger partial charge in [0.1, 0.15) is 17.4 Å². The van der Waals surface area contributed by atoms with Crippen LogP contribution in [0.1, 0.15) is 22.5 Å². The summed E-state index contributed by atoms with van der Waals surface area (Å²) in [6.07, 6.45) is -3.51. The molecule has 0 saturated heterocycles. The van der Waals surface area contributed by atoms with E-state index in [1.807, 2.05) is 24.5 Å². The Hall–Kier alpha value is -3.78. The molecule has 34 heavy (non-hydrogen) atoms. The fourth-order valence-electron chi connectivity index (χ4n) is 3.12. The summed E-state index contributed by atoms with van der Waals surface area (Å²) >= 11 is 0. The number of amides is 1. The van der Waals surface area contributed by atoms with Crippen LogP contribution in [0.5, 0.6) is 5.75 Å². The SMILES string of the molecule is COCCn1c(C)cc(/C=C(\C#N)C(=O)OCC(=O)NCc2ccccc2OC(F)(F)F)c1C. The van der Waals surface area contributed by atoms with Crippen LogP contribution in [0.3, 0.4) is 0 Å². The molecule has 1 aromatic heterocycles. The zero-order chi connectivity index (χ0) is 25.3. The predicted octanol–water partition coefficient (Wildman–Crippen LogP) is 3.42. The Bertz CT molecular complexity index is 1100. The van der Waals surface area contributed by atoms with Crippen molar-refractivity contribution < 1.29 is 37.0 Å². The van der Waals surface area contributed by atoms with Crippen LogP contribution in [-0.2, 0) is 32.2 Å². The summed E-state index contributed by atoms with van der Waals surface area (Å²) in [4.78, 5) is 24.3. The summed E-state index contributed by atoms with van der Waals surface area (Å²) in [6, 6.07) is 8.88. The number of ether oxygens (including phenoxy) is 3. The van der Waals surface area contributed by atoms with Gasteiger partial charge in [-0.3, -0.25) is 4.79 Å². The molecule has 2 aromatic rings. The highest BCUT2D eigenvalue weighted by Crippen LogP contribution is 2.26. The van der Waals surface area contributed by atoms with Gasteiger partial charge < -0.3 is 24.1 Å². The maximum absolute atomic E-state index is 12.5. The van der Waals surface area contributed by atoms with Crippen molar-refractivity contribution in [1.29, 1.82) is 5.26 Å². The van der Waals surface area contributed by atoms with Gasteiger partial charge in [0.2, 0.25) is 0 Å². The van der Waals surface area contributed by atoms with Gasteiger partial charge in [0, 0.05) is 37.2 Å². The van der Waals surface area contributed by atoms with E-state index in [4.69, 9.17) is 9.47 Å². The van der Waals surface area contributed by atoms with Crippen molar-refractivity contribution in [2.24, 2.45) is 0 Å². The average molecular weight is 479 g/mol. The Morgan fingerprint density at radius 2 is 1.94 bits per heavy atom. The van der Waals surface area contributed by atoms with Crippen molar-refractivity contribution in [3.63, 3.8) is 0 Å². The van der Waals surface area contributed by atoms with Crippen molar-refractivity contribution in [1.82, 2.24) is 9.88 Å². The Labute approximate surface area is 194 Å². The highest BCUT2D eigenvalue weighted by molar-refractivity contribution is 5.99. The largest absolute Gasteiger partial charge is 0.573 e. The lowest BCUT2D eigenvalue weighted by molar-refractivity contribution is -0.274. The minimum Gasteiger partial charge on any atom is -0.451 e. The maximum Gasteiger partial charge on any atom is 0.573 e. The molecule has 0 radical (unpaired) electrons. The number of carbonyl (C=O) groups excluding carboxylic acids is 2. The second-order valence-electron chi connectivity index (χ2n) is 7.15. The van der Waals surface area contributed by atoms with Crippen LogP contribution in [0.15, 0.2) is 35.9 Å². The maximum atomic E-state index is 12.5. The van der Waals surface area contributed by atoms with Gasteiger partial charge in [-0.15, -0.1) is 13.2 Å². The van der Waals surface area contributed by atoms with Gasteiger partial charge >= 0.3 is 12.3 Å². The van der Waals surface area contributed by atoms with Crippen molar-refractivity contribution in [2.45, 2.75) is 33.3 Å². The first-order valence-electron chi connectivity index (χ1n) is 10.1. The van der Waals surface area contributed by atoms with Crippen LogP contribution in [0, 0.1) is 25.2 Å². The number of carbonyl (C=O) groups is 2. The van der Waals surface area contributed by atoms with Gasteiger partial charge in [0.25, 0.3) is 5.91 Å². The molecule has 1 N–H and O–H groups in total. The topological polar surface area (TPSA) is 103 Å². The van der Waals surface area contributed by atoms with Crippen LogP contribution >= 0.6 is 0 Å². The Morgan fingerprint density at radius 1 is 1.24 bits per heavy atom. The van der Waals surface area contributed by atoms with Crippen molar-refractivity contribution in [3.8, 4) is 11.8 Å². The first-order chi connectivity index (χ1) is 16.1. The number of esters is 1. The molecule has 0 bridgehead atoms. The molecule has 1 amide bonds. The summed E-state index contributed by atoms with van der Waals surface area (Å²) in [7, 11) is 1.59. The number of hydrogen-bond donors (Lipinski definition) is 1. The van der Waals surface area contributed by atoms with E-state index in [-0.39, 0.29) is 17.7 Å². The highest BCUT2D eigenvalue weighted by Gasteiger charge is 2.32. The molecule has 0 aliphatic rings. The average Bonchev–Trinajstić information content (AvgIpc) is 3.04. The second kappa shape index (κ2) is 11.9. The van der Waals surface area contributed by atoms with E-state index < -0.39 is 30.6 Å². The number of para-hydroxylation sites is 1. The minimum absolute atomic E-state index is 0.0842. The first-order valence-corrected chi connectivity index (χ1v) is 10.1. The fourth-order valence-corrected chi connectivity index (χ4v) is 3.12. The summed E-state index contributed by atoms with van der Waals surface area (Å²) in [5, 5.41) is 11.7. The number of aromatic nitrogens is 1. The molecular weight excluding hydrogens is 455 g/mol. The Balaban J connectivity index is 1.98. The van der Waals surface area contributed by atoms with Gasteiger partial charge in [-0.25, -0.2) is 4.79 Å². The van der Waals surface area contributed by atoms with E-state index in [0.29, 0.717) is 18.7 Å². The molecule has 0 saturated carbocycles. The molecule has 1 aromatic carbocycles. The predicted molar refractivity (Wildman–Crippen MR) is 115 cm³/mol. The Kier molecular flexibility index (Phi) is 9.27. The molecule has 1 heterocycles. The third kappa shape index (κ3) is 7.67. The lowest BCUT2D eigenvalue weighted by Gasteiger charge is -2.13. The molecule has 0 spiro atoms. The first kappa shape index (κ1) is 26.5. The van der Waals surface area contributed by atoms with Gasteiger partial charge in [-0.05, 0) is 37.6 Å². The number of aryl methyl sites for hydroxylation is 1. The number of halogens is 3. The van der Waals surface area contributed by atoms with Crippen LogP contribution in [0.4, 0.5) is 13.2 Å². The fraction of sp³-hybridized carbons (Fsp3) is 0.348. The summed E-state index contributed by atoms with van der Waals surface area (Å²) in [5.41, 5.74) is 2.17.